The Morgan fingerprint density at radius 2 is 2.18 bits per heavy atom. The molecular weight excluding hydrogens is 212 g/mol. The van der Waals surface area contributed by atoms with Gasteiger partial charge < -0.3 is 10.1 Å². The molecule has 0 amide bonds. The van der Waals surface area contributed by atoms with E-state index in [1.165, 1.54) is 12.8 Å². The number of nitrogens with zero attached hydrogens (tertiary/aromatic N) is 1. The molecule has 1 aliphatic carbocycles. The molecule has 1 aliphatic rings. The number of nitrogens with one attached hydrogen (secondary N) is 1. The van der Waals surface area contributed by atoms with Crippen LogP contribution in [-0.4, -0.2) is 23.7 Å². The predicted molar refractivity (Wildman–Crippen MR) is 69.3 cm³/mol. The molecule has 1 unspecified atom stereocenters. The maximum absolute atomic E-state index is 5.98. The van der Waals surface area contributed by atoms with Gasteiger partial charge in [-0.15, -0.1) is 0 Å². The Kier molecular flexibility index (Phi) is 4.00. The van der Waals surface area contributed by atoms with Gasteiger partial charge in [0.2, 0.25) is 0 Å². The zero-order valence-electron chi connectivity index (χ0n) is 10.9. The fourth-order valence-corrected chi connectivity index (χ4v) is 1.68. The van der Waals surface area contributed by atoms with Gasteiger partial charge in [-0.3, -0.25) is 4.98 Å². The van der Waals surface area contributed by atoms with Gasteiger partial charge in [0, 0.05) is 18.3 Å². The van der Waals surface area contributed by atoms with Crippen LogP contribution in [-0.2, 0) is 0 Å². The van der Waals surface area contributed by atoms with Crippen LogP contribution in [0.2, 0.25) is 0 Å². The van der Waals surface area contributed by atoms with Crippen molar-refractivity contribution in [1.82, 2.24) is 10.3 Å². The summed E-state index contributed by atoms with van der Waals surface area (Å²) in [5.74, 6) is 1.37. The zero-order chi connectivity index (χ0) is 12.3. The Balaban J connectivity index is 1.88. The summed E-state index contributed by atoms with van der Waals surface area (Å²) in [5.41, 5.74) is 1.02. The lowest BCUT2D eigenvalue weighted by Gasteiger charge is -2.23. The summed E-state index contributed by atoms with van der Waals surface area (Å²) in [7, 11) is 0. The number of hydrogen-bond acceptors (Lipinski definition) is 3. The van der Waals surface area contributed by atoms with Crippen molar-refractivity contribution in [2.24, 2.45) is 5.92 Å². The SMILES string of the molecule is Cc1ccc(OC(CNC2CC2)C(C)C)cn1. The summed E-state index contributed by atoms with van der Waals surface area (Å²) in [6, 6.07) is 4.71. The Morgan fingerprint density at radius 3 is 2.71 bits per heavy atom. The minimum atomic E-state index is 0.222. The lowest BCUT2D eigenvalue weighted by molar-refractivity contribution is 0.148. The van der Waals surface area contributed by atoms with Gasteiger partial charge in [-0.1, -0.05) is 13.8 Å². The number of aryl methyl sites for hydroxylation is 1. The van der Waals surface area contributed by atoms with E-state index in [1.807, 2.05) is 25.3 Å². The van der Waals surface area contributed by atoms with Crippen LogP contribution >= 0.6 is 0 Å². The molecule has 3 nitrogen and oxygen atoms in total. The average Bonchev–Trinajstić information content (AvgIpc) is 3.10. The van der Waals surface area contributed by atoms with Gasteiger partial charge in [0.15, 0.2) is 0 Å². The van der Waals surface area contributed by atoms with Gasteiger partial charge in [-0.25, -0.2) is 0 Å². The van der Waals surface area contributed by atoms with Crippen molar-refractivity contribution in [3.8, 4) is 5.75 Å². The topological polar surface area (TPSA) is 34.1 Å². The van der Waals surface area contributed by atoms with Gasteiger partial charge in [0.05, 0.1) is 6.20 Å². The molecule has 1 N–H and O–H groups in total. The Labute approximate surface area is 104 Å². The molecule has 0 aromatic carbocycles. The van der Waals surface area contributed by atoms with Gasteiger partial charge >= 0.3 is 0 Å². The normalized spacial score (nSPS) is 17.2. The molecule has 94 valence electrons. The van der Waals surface area contributed by atoms with Crippen molar-refractivity contribution in [2.45, 2.75) is 45.8 Å². The smallest absolute Gasteiger partial charge is 0.138 e. The second kappa shape index (κ2) is 5.50. The fourth-order valence-electron chi connectivity index (χ4n) is 1.68. The van der Waals surface area contributed by atoms with Gasteiger partial charge in [-0.05, 0) is 37.8 Å². The Bertz CT molecular complexity index is 344. The summed E-state index contributed by atoms with van der Waals surface area (Å²) in [6.45, 7) is 7.30. The summed E-state index contributed by atoms with van der Waals surface area (Å²) in [5, 5.41) is 3.52. The molecule has 0 saturated heterocycles. The maximum atomic E-state index is 5.98. The standard InChI is InChI=1S/C14H22N2O/c1-10(2)14(9-16-12-5-6-12)17-13-7-4-11(3)15-8-13/h4,7-8,10,12,14,16H,5-6,9H2,1-3H3. The molecule has 17 heavy (non-hydrogen) atoms. The van der Waals surface area contributed by atoms with Crippen molar-refractivity contribution < 1.29 is 4.74 Å². The molecule has 1 atom stereocenters. The highest BCUT2D eigenvalue weighted by Crippen LogP contribution is 2.20. The van der Waals surface area contributed by atoms with Crippen LogP contribution < -0.4 is 10.1 Å². The van der Waals surface area contributed by atoms with Crippen LogP contribution in [0.1, 0.15) is 32.4 Å². The minimum absolute atomic E-state index is 0.222. The molecule has 1 aromatic heterocycles. The highest BCUT2D eigenvalue weighted by Gasteiger charge is 2.23. The molecule has 1 saturated carbocycles. The van der Waals surface area contributed by atoms with Crippen LogP contribution in [0.3, 0.4) is 0 Å². The molecule has 1 fully saturated rings. The summed E-state index contributed by atoms with van der Waals surface area (Å²) < 4.78 is 5.98. The first-order chi connectivity index (χ1) is 8.15. The molecule has 3 heteroatoms. The lowest BCUT2D eigenvalue weighted by Crippen LogP contribution is -2.36. The molecule has 0 spiro atoms. The summed E-state index contributed by atoms with van der Waals surface area (Å²) in [6.07, 6.45) is 4.66. The van der Waals surface area contributed by atoms with E-state index in [4.69, 9.17) is 4.74 Å². The first-order valence-corrected chi connectivity index (χ1v) is 6.48. The van der Waals surface area contributed by atoms with E-state index in [-0.39, 0.29) is 6.10 Å². The highest BCUT2D eigenvalue weighted by atomic mass is 16.5. The number of rotatable bonds is 6. The second-order valence-corrected chi connectivity index (χ2v) is 5.22. The van der Waals surface area contributed by atoms with E-state index in [0.29, 0.717) is 5.92 Å². The largest absolute Gasteiger partial charge is 0.487 e. The highest BCUT2D eigenvalue weighted by molar-refractivity contribution is 5.19. The van der Waals surface area contributed by atoms with Gasteiger partial charge in [0.1, 0.15) is 11.9 Å². The quantitative estimate of drug-likeness (QED) is 0.821. The Hall–Kier alpha value is -1.09. The average molecular weight is 234 g/mol. The number of hydrogen-bond donors (Lipinski definition) is 1. The first-order valence-electron chi connectivity index (χ1n) is 6.48. The maximum Gasteiger partial charge on any atom is 0.138 e. The van der Waals surface area contributed by atoms with E-state index < -0.39 is 0 Å². The van der Waals surface area contributed by atoms with Gasteiger partial charge in [-0.2, -0.15) is 0 Å². The van der Waals surface area contributed by atoms with Crippen LogP contribution in [0.15, 0.2) is 18.3 Å². The van der Waals surface area contributed by atoms with E-state index >= 15 is 0 Å². The van der Waals surface area contributed by atoms with Crippen molar-refractivity contribution in [1.29, 1.82) is 0 Å². The van der Waals surface area contributed by atoms with Crippen LogP contribution in [0.4, 0.5) is 0 Å². The molecule has 1 aromatic rings. The van der Waals surface area contributed by atoms with E-state index in [0.717, 1.165) is 24.0 Å². The molecule has 2 rings (SSSR count). The third-order valence-electron chi connectivity index (χ3n) is 3.10. The predicted octanol–water partition coefficient (Wildman–Crippen LogP) is 2.55. The molecule has 0 bridgehead atoms. The van der Waals surface area contributed by atoms with Crippen molar-refractivity contribution in [2.75, 3.05) is 6.54 Å². The van der Waals surface area contributed by atoms with Crippen molar-refractivity contribution >= 4 is 0 Å². The fraction of sp³-hybridized carbons (Fsp3) is 0.643. The third-order valence-corrected chi connectivity index (χ3v) is 3.10. The molecule has 0 aliphatic heterocycles. The van der Waals surface area contributed by atoms with Crippen molar-refractivity contribution in [3.63, 3.8) is 0 Å². The number of ether oxygens (including phenoxy) is 1. The van der Waals surface area contributed by atoms with Crippen LogP contribution in [0.25, 0.3) is 0 Å². The molecular formula is C14H22N2O. The second-order valence-electron chi connectivity index (χ2n) is 5.22. The van der Waals surface area contributed by atoms with E-state index in [1.54, 1.807) is 0 Å². The van der Waals surface area contributed by atoms with E-state index in [9.17, 15) is 0 Å². The number of pyridine rings is 1. The Morgan fingerprint density at radius 1 is 1.41 bits per heavy atom. The lowest BCUT2D eigenvalue weighted by atomic mass is 10.1. The van der Waals surface area contributed by atoms with E-state index in [2.05, 4.69) is 24.1 Å². The van der Waals surface area contributed by atoms with Gasteiger partial charge in [0.25, 0.3) is 0 Å². The molecule has 1 heterocycles. The molecule has 0 radical (unpaired) electrons. The first kappa shape index (κ1) is 12.4. The van der Waals surface area contributed by atoms with Crippen molar-refractivity contribution in [3.05, 3.63) is 24.0 Å². The van der Waals surface area contributed by atoms with Crippen LogP contribution in [0, 0.1) is 12.8 Å². The summed E-state index contributed by atoms with van der Waals surface area (Å²) in [4.78, 5) is 4.25. The van der Waals surface area contributed by atoms with Crippen LogP contribution in [0.5, 0.6) is 5.75 Å². The zero-order valence-corrected chi connectivity index (χ0v) is 10.9. The minimum Gasteiger partial charge on any atom is -0.487 e. The summed E-state index contributed by atoms with van der Waals surface area (Å²) >= 11 is 0. The monoisotopic (exact) mass is 234 g/mol. The third kappa shape index (κ3) is 4.00. The number of aromatic nitrogens is 1.